The van der Waals surface area contributed by atoms with Gasteiger partial charge in [-0.2, -0.15) is 0 Å². The molecular weight excluding hydrogens is 272 g/mol. The van der Waals surface area contributed by atoms with Gasteiger partial charge in [0.25, 0.3) is 0 Å². The normalized spacial score (nSPS) is 23.3. The molecule has 1 spiro atoms. The highest BCUT2D eigenvalue weighted by Gasteiger charge is 2.63. The zero-order valence-corrected chi connectivity index (χ0v) is 13.8. The molecule has 6 heteroatoms. The van der Waals surface area contributed by atoms with Crippen LogP contribution < -0.4 is 5.32 Å². The lowest BCUT2D eigenvalue weighted by Gasteiger charge is -2.41. The summed E-state index contributed by atoms with van der Waals surface area (Å²) in [4.78, 5) is 25.2. The fourth-order valence-corrected chi connectivity index (χ4v) is 2.52. The number of rotatable bonds is 1. The number of nitrogens with zero attached hydrogens (tertiary/aromatic N) is 1. The first-order valence-electron chi connectivity index (χ1n) is 7.38. The monoisotopic (exact) mass is 298 g/mol. The Hall–Kier alpha value is -1.46. The van der Waals surface area contributed by atoms with Crippen LogP contribution in [0.5, 0.6) is 0 Å². The molecule has 1 aliphatic carbocycles. The molecule has 1 aliphatic heterocycles. The highest BCUT2D eigenvalue weighted by atomic mass is 16.6. The minimum absolute atomic E-state index is 0.0355. The zero-order chi connectivity index (χ0) is 16.1. The van der Waals surface area contributed by atoms with Crippen molar-refractivity contribution in [1.29, 1.82) is 0 Å². The summed E-state index contributed by atoms with van der Waals surface area (Å²) in [5.74, 6) is 0. The number of amides is 2. The van der Waals surface area contributed by atoms with Crippen molar-refractivity contribution in [3.05, 3.63) is 0 Å². The van der Waals surface area contributed by atoms with E-state index < -0.39 is 11.2 Å². The van der Waals surface area contributed by atoms with E-state index in [1.54, 1.807) is 4.90 Å². The highest BCUT2D eigenvalue weighted by Crippen LogP contribution is 2.53. The molecular formula is C15H26N2O4. The Morgan fingerprint density at radius 3 is 2.05 bits per heavy atom. The van der Waals surface area contributed by atoms with Crippen LogP contribution in [0.2, 0.25) is 0 Å². The summed E-state index contributed by atoms with van der Waals surface area (Å²) in [6, 6.07) is 0.103. The number of hydrogen-bond acceptors (Lipinski definition) is 4. The van der Waals surface area contributed by atoms with Crippen LogP contribution in [0.4, 0.5) is 9.59 Å². The van der Waals surface area contributed by atoms with E-state index in [9.17, 15) is 9.59 Å². The molecule has 0 aromatic rings. The molecule has 2 aliphatic rings. The smallest absolute Gasteiger partial charge is 0.410 e. The van der Waals surface area contributed by atoms with Crippen LogP contribution in [-0.2, 0) is 9.47 Å². The van der Waals surface area contributed by atoms with Crippen molar-refractivity contribution in [3.63, 3.8) is 0 Å². The lowest BCUT2D eigenvalue weighted by Crippen LogP contribution is -2.56. The number of carbonyl (C=O) groups excluding carboxylic acids is 2. The maximum absolute atomic E-state index is 11.9. The van der Waals surface area contributed by atoms with Crippen molar-refractivity contribution >= 4 is 12.2 Å². The van der Waals surface area contributed by atoms with Gasteiger partial charge < -0.3 is 19.7 Å². The van der Waals surface area contributed by atoms with Crippen LogP contribution in [0.3, 0.4) is 0 Å². The summed E-state index contributed by atoms with van der Waals surface area (Å²) in [5.41, 5.74) is -0.931. The van der Waals surface area contributed by atoms with E-state index in [0.29, 0.717) is 13.1 Å². The van der Waals surface area contributed by atoms with Gasteiger partial charge in [-0.05, 0) is 48.0 Å². The Morgan fingerprint density at radius 2 is 1.57 bits per heavy atom. The van der Waals surface area contributed by atoms with E-state index >= 15 is 0 Å². The summed E-state index contributed by atoms with van der Waals surface area (Å²) in [5, 5.41) is 2.87. The standard InChI is InChI=1S/C15H26N2O4/c1-13(2,3)20-11(18)16-10-7-15(10)8-17(9-15)12(19)21-14(4,5)6/h10H,7-9H2,1-6H3,(H,16,18). The van der Waals surface area contributed by atoms with Crippen molar-refractivity contribution in [3.8, 4) is 0 Å². The van der Waals surface area contributed by atoms with Gasteiger partial charge in [-0.15, -0.1) is 0 Å². The van der Waals surface area contributed by atoms with Gasteiger partial charge in [0, 0.05) is 24.5 Å². The van der Waals surface area contributed by atoms with E-state index in [0.717, 1.165) is 6.42 Å². The van der Waals surface area contributed by atoms with E-state index in [-0.39, 0.29) is 23.6 Å². The molecule has 0 aromatic carbocycles. The van der Waals surface area contributed by atoms with Gasteiger partial charge >= 0.3 is 12.2 Å². The molecule has 1 N–H and O–H groups in total. The summed E-state index contributed by atoms with van der Waals surface area (Å²) in [7, 11) is 0. The van der Waals surface area contributed by atoms with Crippen molar-refractivity contribution < 1.29 is 19.1 Å². The maximum Gasteiger partial charge on any atom is 0.410 e. The number of carbonyl (C=O) groups is 2. The number of likely N-dealkylation sites (tertiary alicyclic amines) is 1. The molecule has 0 bridgehead atoms. The fourth-order valence-electron chi connectivity index (χ4n) is 2.52. The van der Waals surface area contributed by atoms with Crippen LogP contribution >= 0.6 is 0 Å². The number of ether oxygens (including phenoxy) is 2. The SMILES string of the molecule is CC(C)(C)OC(=O)NC1CC12CN(C(=O)OC(C)(C)C)C2. The second-order valence-electron chi connectivity index (χ2n) is 8.10. The number of alkyl carbamates (subject to hydrolysis) is 1. The van der Waals surface area contributed by atoms with Gasteiger partial charge in [-0.3, -0.25) is 0 Å². The van der Waals surface area contributed by atoms with E-state index in [4.69, 9.17) is 9.47 Å². The van der Waals surface area contributed by atoms with Gasteiger partial charge in [0.15, 0.2) is 0 Å². The quantitative estimate of drug-likeness (QED) is 0.807. The molecule has 1 unspecified atom stereocenters. The number of hydrogen-bond donors (Lipinski definition) is 1. The minimum atomic E-state index is -0.492. The van der Waals surface area contributed by atoms with Crippen molar-refractivity contribution in [2.24, 2.45) is 5.41 Å². The van der Waals surface area contributed by atoms with Gasteiger partial charge in [0.2, 0.25) is 0 Å². The topological polar surface area (TPSA) is 67.9 Å². The summed E-state index contributed by atoms with van der Waals surface area (Å²) >= 11 is 0. The minimum Gasteiger partial charge on any atom is -0.444 e. The summed E-state index contributed by atoms with van der Waals surface area (Å²) in [6.45, 7) is 12.3. The van der Waals surface area contributed by atoms with Crippen molar-refractivity contribution in [2.45, 2.75) is 65.2 Å². The molecule has 0 aromatic heterocycles. The van der Waals surface area contributed by atoms with Gasteiger partial charge in [-0.1, -0.05) is 0 Å². The van der Waals surface area contributed by atoms with Gasteiger partial charge in [-0.25, -0.2) is 9.59 Å². The predicted octanol–water partition coefficient (Wildman–Crippen LogP) is 2.52. The van der Waals surface area contributed by atoms with Gasteiger partial charge in [0.1, 0.15) is 11.2 Å². The average molecular weight is 298 g/mol. The molecule has 2 amide bonds. The molecule has 1 saturated heterocycles. The molecule has 1 atom stereocenters. The Balaban J connectivity index is 1.73. The molecule has 2 rings (SSSR count). The van der Waals surface area contributed by atoms with Crippen LogP contribution in [0.1, 0.15) is 48.0 Å². The Morgan fingerprint density at radius 1 is 1.05 bits per heavy atom. The Bertz CT molecular complexity index is 442. The highest BCUT2D eigenvalue weighted by molar-refractivity contribution is 5.71. The first-order chi connectivity index (χ1) is 9.40. The molecule has 21 heavy (non-hydrogen) atoms. The first kappa shape index (κ1) is 15.9. The molecule has 1 heterocycles. The second-order valence-corrected chi connectivity index (χ2v) is 8.10. The summed E-state index contributed by atoms with van der Waals surface area (Å²) < 4.78 is 10.6. The average Bonchev–Trinajstić information content (AvgIpc) is 2.83. The van der Waals surface area contributed by atoms with E-state index in [2.05, 4.69) is 5.32 Å². The van der Waals surface area contributed by atoms with Crippen LogP contribution in [0, 0.1) is 5.41 Å². The van der Waals surface area contributed by atoms with Gasteiger partial charge in [0.05, 0.1) is 0 Å². The van der Waals surface area contributed by atoms with E-state index in [1.165, 1.54) is 0 Å². The van der Waals surface area contributed by atoms with Crippen LogP contribution in [0.25, 0.3) is 0 Å². The molecule has 0 radical (unpaired) electrons. The third-order valence-corrected chi connectivity index (χ3v) is 3.54. The lowest BCUT2D eigenvalue weighted by molar-refractivity contribution is -0.00814. The van der Waals surface area contributed by atoms with E-state index in [1.807, 2.05) is 41.5 Å². The summed E-state index contributed by atoms with van der Waals surface area (Å²) in [6.07, 6.45) is 0.224. The maximum atomic E-state index is 11.9. The largest absolute Gasteiger partial charge is 0.444 e. The molecule has 120 valence electrons. The molecule has 6 nitrogen and oxygen atoms in total. The zero-order valence-electron chi connectivity index (χ0n) is 13.8. The fraction of sp³-hybridized carbons (Fsp3) is 0.867. The molecule has 1 saturated carbocycles. The Labute approximate surface area is 126 Å². The predicted molar refractivity (Wildman–Crippen MR) is 78.0 cm³/mol. The van der Waals surface area contributed by atoms with Crippen molar-refractivity contribution in [2.75, 3.05) is 13.1 Å². The Kier molecular flexibility index (Phi) is 3.62. The number of nitrogens with one attached hydrogen (secondary N) is 1. The second kappa shape index (κ2) is 4.78. The third-order valence-electron chi connectivity index (χ3n) is 3.54. The van der Waals surface area contributed by atoms with Crippen molar-refractivity contribution in [1.82, 2.24) is 10.2 Å². The van der Waals surface area contributed by atoms with Crippen LogP contribution in [0.15, 0.2) is 0 Å². The van der Waals surface area contributed by atoms with Crippen LogP contribution in [-0.4, -0.2) is 47.4 Å². The lowest BCUT2D eigenvalue weighted by atomic mass is 9.96. The molecule has 2 fully saturated rings. The first-order valence-corrected chi connectivity index (χ1v) is 7.38. The third kappa shape index (κ3) is 4.02.